The number of rotatable bonds is 6. The summed E-state index contributed by atoms with van der Waals surface area (Å²) in [7, 11) is 0. The lowest BCUT2D eigenvalue weighted by molar-refractivity contribution is 0.0955. The van der Waals surface area contributed by atoms with Gasteiger partial charge in [0.05, 0.1) is 11.5 Å². The summed E-state index contributed by atoms with van der Waals surface area (Å²) in [4.78, 5) is 14.1. The van der Waals surface area contributed by atoms with Crippen molar-refractivity contribution in [2.45, 2.75) is 13.5 Å². The van der Waals surface area contributed by atoms with Crippen LogP contribution in [-0.4, -0.2) is 12.5 Å². The van der Waals surface area contributed by atoms with Gasteiger partial charge in [-0.15, -0.1) is 11.3 Å². The van der Waals surface area contributed by atoms with Crippen LogP contribution in [0.2, 0.25) is 5.02 Å². The molecule has 0 radical (unpaired) electrons. The van der Waals surface area contributed by atoms with E-state index < -0.39 is 0 Å². The predicted octanol–water partition coefficient (Wildman–Crippen LogP) is 5.40. The second-order valence-electron chi connectivity index (χ2n) is 5.43. The number of amides is 1. The number of hydrogen-bond acceptors (Lipinski definition) is 3. The van der Waals surface area contributed by atoms with Crippen molar-refractivity contribution in [3.63, 3.8) is 0 Å². The zero-order valence-electron chi connectivity index (χ0n) is 13.8. The Labute approximate surface area is 156 Å². The van der Waals surface area contributed by atoms with Gasteiger partial charge in [-0.1, -0.05) is 23.7 Å². The maximum Gasteiger partial charge on any atom is 0.261 e. The summed E-state index contributed by atoms with van der Waals surface area (Å²) in [6.07, 6.45) is 0. The van der Waals surface area contributed by atoms with Gasteiger partial charge >= 0.3 is 0 Å². The first-order valence-corrected chi connectivity index (χ1v) is 9.21. The van der Waals surface area contributed by atoms with Crippen LogP contribution in [0.3, 0.4) is 0 Å². The molecular formula is C20H18ClNO2S. The molecule has 0 saturated heterocycles. The molecule has 1 N–H and O–H groups in total. The lowest BCUT2D eigenvalue weighted by Gasteiger charge is -2.04. The van der Waals surface area contributed by atoms with Crippen LogP contribution in [0.25, 0.3) is 10.4 Å². The first kappa shape index (κ1) is 17.5. The highest BCUT2D eigenvalue weighted by Gasteiger charge is 2.10. The molecule has 3 aromatic rings. The number of halogens is 1. The second-order valence-corrected chi connectivity index (χ2v) is 6.95. The fourth-order valence-electron chi connectivity index (χ4n) is 2.37. The molecule has 128 valence electrons. The summed E-state index contributed by atoms with van der Waals surface area (Å²) < 4.78 is 5.45. The molecule has 5 heteroatoms. The number of thiophene rings is 1. The zero-order chi connectivity index (χ0) is 17.6. The van der Waals surface area contributed by atoms with Gasteiger partial charge in [-0.25, -0.2) is 0 Å². The molecule has 3 nitrogen and oxygen atoms in total. The number of hydrogen-bond donors (Lipinski definition) is 1. The molecule has 1 aromatic heterocycles. The number of ether oxygens (including phenoxy) is 1. The van der Waals surface area contributed by atoms with E-state index in [-0.39, 0.29) is 5.91 Å². The van der Waals surface area contributed by atoms with E-state index in [1.54, 1.807) is 0 Å². The average molecular weight is 372 g/mol. The quantitative estimate of drug-likeness (QED) is 0.630. The van der Waals surface area contributed by atoms with Gasteiger partial charge in [-0.05, 0) is 66.6 Å². The van der Waals surface area contributed by atoms with Crippen LogP contribution in [0.1, 0.15) is 22.2 Å². The zero-order valence-corrected chi connectivity index (χ0v) is 15.4. The Bertz CT molecular complexity index is 841. The molecule has 0 aliphatic heterocycles. The SMILES string of the molecule is CCOc1ccc(-c2ccc(C(=O)NCc3ccc(Cl)cc3)s2)cc1. The minimum Gasteiger partial charge on any atom is -0.494 e. The molecule has 1 heterocycles. The number of carbonyl (C=O) groups excluding carboxylic acids is 1. The number of carbonyl (C=O) groups is 1. The third-order valence-corrected chi connectivity index (χ3v) is 5.03. The molecule has 3 rings (SSSR count). The molecule has 0 unspecified atom stereocenters. The summed E-state index contributed by atoms with van der Waals surface area (Å²) in [5.74, 6) is 0.779. The summed E-state index contributed by atoms with van der Waals surface area (Å²) in [6.45, 7) is 3.09. The monoisotopic (exact) mass is 371 g/mol. The van der Waals surface area contributed by atoms with Gasteiger partial charge in [0, 0.05) is 16.4 Å². The Morgan fingerprint density at radius 2 is 1.76 bits per heavy atom. The third kappa shape index (κ3) is 4.62. The summed E-state index contributed by atoms with van der Waals surface area (Å²) >= 11 is 7.34. The molecule has 0 aliphatic carbocycles. The lowest BCUT2D eigenvalue weighted by Crippen LogP contribution is -2.21. The van der Waals surface area contributed by atoms with E-state index in [0.717, 1.165) is 21.8 Å². The highest BCUT2D eigenvalue weighted by molar-refractivity contribution is 7.17. The van der Waals surface area contributed by atoms with Crippen LogP contribution >= 0.6 is 22.9 Å². The molecule has 2 aromatic carbocycles. The van der Waals surface area contributed by atoms with Crippen molar-refractivity contribution in [1.29, 1.82) is 0 Å². The first-order chi connectivity index (χ1) is 12.2. The largest absolute Gasteiger partial charge is 0.494 e. The summed E-state index contributed by atoms with van der Waals surface area (Å²) in [5.41, 5.74) is 2.09. The first-order valence-electron chi connectivity index (χ1n) is 8.01. The fourth-order valence-corrected chi connectivity index (χ4v) is 3.42. The van der Waals surface area contributed by atoms with Crippen molar-refractivity contribution in [3.05, 3.63) is 76.1 Å². The fraction of sp³-hybridized carbons (Fsp3) is 0.150. The smallest absolute Gasteiger partial charge is 0.261 e. The Kier molecular flexibility index (Phi) is 5.74. The standard InChI is InChI=1S/C20H18ClNO2S/c1-2-24-17-9-5-15(6-10-17)18-11-12-19(25-18)20(23)22-13-14-3-7-16(21)8-4-14/h3-12H,2,13H2,1H3,(H,22,23). The van der Waals surface area contributed by atoms with Gasteiger partial charge in [0.15, 0.2) is 0 Å². The molecule has 25 heavy (non-hydrogen) atoms. The van der Waals surface area contributed by atoms with Crippen molar-refractivity contribution in [1.82, 2.24) is 5.32 Å². The topological polar surface area (TPSA) is 38.3 Å². The van der Waals surface area contributed by atoms with E-state index in [4.69, 9.17) is 16.3 Å². The molecule has 0 saturated carbocycles. The van der Waals surface area contributed by atoms with Gasteiger partial charge in [-0.2, -0.15) is 0 Å². The molecule has 0 spiro atoms. The summed E-state index contributed by atoms with van der Waals surface area (Å²) in [5, 5.41) is 3.62. The number of nitrogens with one attached hydrogen (secondary N) is 1. The molecule has 0 bridgehead atoms. The van der Waals surface area contributed by atoms with Crippen molar-refractivity contribution < 1.29 is 9.53 Å². The highest BCUT2D eigenvalue weighted by Crippen LogP contribution is 2.29. The maximum absolute atomic E-state index is 12.3. The molecule has 0 fully saturated rings. The van der Waals surface area contributed by atoms with E-state index in [1.165, 1.54) is 11.3 Å². The number of benzene rings is 2. The molecule has 0 aliphatic rings. The second kappa shape index (κ2) is 8.19. The Morgan fingerprint density at radius 1 is 1.04 bits per heavy atom. The lowest BCUT2D eigenvalue weighted by atomic mass is 10.2. The van der Waals surface area contributed by atoms with Crippen LogP contribution in [0.4, 0.5) is 0 Å². The van der Waals surface area contributed by atoms with Crippen LogP contribution in [0.15, 0.2) is 60.7 Å². The van der Waals surface area contributed by atoms with Crippen LogP contribution in [0, 0.1) is 0 Å². The van der Waals surface area contributed by atoms with Gasteiger partial charge in [0.25, 0.3) is 5.91 Å². The minimum absolute atomic E-state index is 0.0721. The van der Waals surface area contributed by atoms with Gasteiger partial charge in [-0.3, -0.25) is 4.79 Å². The molecular weight excluding hydrogens is 354 g/mol. The van der Waals surface area contributed by atoms with E-state index in [9.17, 15) is 4.79 Å². The summed E-state index contributed by atoms with van der Waals surface area (Å²) in [6, 6.07) is 19.2. The van der Waals surface area contributed by atoms with E-state index in [0.29, 0.717) is 23.1 Å². The van der Waals surface area contributed by atoms with Gasteiger partial charge in [0.1, 0.15) is 5.75 Å². The van der Waals surface area contributed by atoms with Crippen LogP contribution in [-0.2, 0) is 6.54 Å². The Morgan fingerprint density at radius 3 is 2.44 bits per heavy atom. The molecule has 1 amide bonds. The van der Waals surface area contributed by atoms with Crippen molar-refractivity contribution in [3.8, 4) is 16.2 Å². The van der Waals surface area contributed by atoms with Crippen molar-refractivity contribution in [2.75, 3.05) is 6.61 Å². The predicted molar refractivity (Wildman–Crippen MR) is 104 cm³/mol. The van der Waals surface area contributed by atoms with E-state index >= 15 is 0 Å². The van der Waals surface area contributed by atoms with Crippen molar-refractivity contribution in [2.24, 2.45) is 0 Å². The third-order valence-electron chi connectivity index (χ3n) is 3.65. The van der Waals surface area contributed by atoms with Gasteiger partial charge < -0.3 is 10.1 Å². The highest BCUT2D eigenvalue weighted by atomic mass is 35.5. The molecule has 0 atom stereocenters. The maximum atomic E-state index is 12.3. The van der Waals surface area contributed by atoms with Gasteiger partial charge in [0.2, 0.25) is 0 Å². The van der Waals surface area contributed by atoms with Crippen LogP contribution < -0.4 is 10.1 Å². The van der Waals surface area contributed by atoms with Crippen LogP contribution in [0.5, 0.6) is 5.75 Å². The normalized spacial score (nSPS) is 10.5. The van der Waals surface area contributed by atoms with Crippen molar-refractivity contribution >= 4 is 28.8 Å². The van der Waals surface area contributed by atoms with E-state index in [1.807, 2.05) is 67.6 Å². The Hall–Kier alpha value is -2.30. The minimum atomic E-state index is -0.0721. The Balaban J connectivity index is 1.63. The average Bonchev–Trinajstić information content (AvgIpc) is 3.12. The van der Waals surface area contributed by atoms with E-state index in [2.05, 4.69) is 5.32 Å².